The minimum Gasteiger partial charge on any atom is -0.497 e. The molecule has 1 aromatic rings. The second kappa shape index (κ2) is 5.87. The monoisotopic (exact) mass is 297 g/mol. The Morgan fingerprint density at radius 2 is 2.29 bits per heavy atom. The summed E-state index contributed by atoms with van der Waals surface area (Å²) in [4.78, 5) is 0. The third kappa shape index (κ3) is 3.23. The molecule has 3 heteroatoms. The summed E-state index contributed by atoms with van der Waals surface area (Å²) >= 11 is 3.61. The Hall–Kier alpha value is -0.540. The second-order valence-corrected chi connectivity index (χ2v) is 5.66. The number of methoxy groups -OCH3 is 1. The molecule has 1 N–H and O–H groups in total. The maximum Gasteiger partial charge on any atom is 0.120 e. The van der Waals surface area contributed by atoms with Gasteiger partial charge < -0.3 is 10.1 Å². The number of hydrogen-bond acceptors (Lipinski definition) is 2. The van der Waals surface area contributed by atoms with Crippen molar-refractivity contribution in [1.82, 2.24) is 5.32 Å². The van der Waals surface area contributed by atoms with Gasteiger partial charge in [0.2, 0.25) is 0 Å². The van der Waals surface area contributed by atoms with Crippen molar-refractivity contribution in [2.75, 3.05) is 20.2 Å². The molecule has 1 heterocycles. The predicted molar refractivity (Wildman–Crippen MR) is 74.7 cm³/mol. The van der Waals surface area contributed by atoms with E-state index in [2.05, 4.69) is 34.2 Å². The van der Waals surface area contributed by atoms with E-state index in [-0.39, 0.29) is 0 Å². The van der Waals surface area contributed by atoms with Crippen LogP contribution in [-0.2, 0) is 6.42 Å². The standard InChI is InChI=1S/C14H20BrNO/c1-10-12(6-11-4-3-5-16-9-11)7-13(17-2)8-14(10)15/h7-8,11,16H,3-6,9H2,1-2H3. The van der Waals surface area contributed by atoms with Crippen molar-refractivity contribution in [1.29, 1.82) is 0 Å². The molecule has 2 rings (SSSR count). The Morgan fingerprint density at radius 3 is 2.94 bits per heavy atom. The molecular weight excluding hydrogens is 278 g/mol. The smallest absolute Gasteiger partial charge is 0.120 e. The number of halogens is 1. The average molecular weight is 298 g/mol. The van der Waals surface area contributed by atoms with Crippen LogP contribution in [-0.4, -0.2) is 20.2 Å². The van der Waals surface area contributed by atoms with Gasteiger partial charge in [0.05, 0.1) is 7.11 Å². The molecular formula is C14H20BrNO. The van der Waals surface area contributed by atoms with Gasteiger partial charge in [-0.15, -0.1) is 0 Å². The first kappa shape index (κ1) is 12.9. The average Bonchev–Trinajstić information content (AvgIpc) is 2.36. The van der Waals surface area contributed by atoms with Crippen LogP contribution >= 0.6 is 15.9 Å². The molecule has 1 aliphatic heterocycles. The predicted octanol–water partition coefficient (Wildman–Crippen LogP) is 3.31. The zero-order valence-corrected chi connectivity index (χ0v) is 12.1. The van der Waals surface area contributed by atoms with Gasteiger partial charge in [0.15, 0.2) is 0 Å². The highest BCUT2D eigenvalue weighted by molar-refractivity contribution is 9.10. The van der Waals surface area contributed by atoms with Crippen molar-refractivity contribution in [3.63, 3.8) is 0 Å². The highest BCUT2D eigenvalue weighted by atomic mass is 79.9. The van der Waals surface area contributed by atoms with Crippen LogP contribution in [0.3, 0.4) is 0 Å². The molecule has 17 heavy (non-hydrogen) atoms. The Labute approximate surface area is 112 Å². The molecule has 1 unspecified atom stereocenters. The van der Waals surface area contributed by atoms with Gasteiger partial charge in [-0.1, -0.05) is 15.9 Å². The van der Waals surface area contributed by atoms with E-state index >= 15 is 0 Å². The lowest BCUT2D eigenvalue weighted by Crippen LogP contribution is -2.31. The summed E-state index contributed by atoms with van der Waals surface area (Å²) in [6.45, 7) is 4.50. The van der Waals surface area contributed by atoms with Crippen LogP contribution < -0.4 is 10.1 Å². The largest absolute Gasteiger partial charge is 0.497 e. The number of nitrogens with one attached hydrogen (secondary N) is 1. The molecule has 0 spiro atoms. The highest BCUT2D eigenvalue weighted by Gasteiger charge is 2.16. The molecule has 1 atom stereocenters. The molecule has 0 amide bonds. The van der Waals surface area contributed by atoms with Crippen LogP contribution in [0.5, 0.6) is 5.75 Å². The van der Waals surface area contributed by atoms with Crippen molar-refractivity contribution in [3.05, 3.63) is 27.7 Å². The first-order chi connectivity index (χ1) is 8.20. The quantitative estimate of drug-likeness (QED) is 0.924. The fourth-order valence-electron chi connectivity index (χ4n) is 2.45. The summed E-state index contributed by atoms with van der Waals surface area (Å²) in [5.74, 6) is 1.71. The Bertz CT molecular complexity index is 386. The lowest BCUT2D eigenvalue weighted by molar-refractivity contribution is 0.374. The third-order valence-corrected chi connectivity index (χ3v) is 4.39. The van der Waals surface area contributed by atoms with E-state index in [1.807, 2.05) is 6.07 Å². The summed E-state index contributed by atoms with van der Waals surface area (Å²) in [5, 5.41) is 3.47. The van der Waals surface area contributed by atoms with Crippen molar-refractivity contribution in [3.8, 4) is 5.75 Å². The van der Waals surface area contributed by atoms with Gasteiger partial charge in [0, 0.05) is 4.47 Å². The number of piperidine rings is 1. The van der Waals surface area contributed by atoms with Crippen LogP contribution in [0.1, 0.15) is 24.0 Å². The van der Waals surface area contributed by atoms with Crippen LogP contribution in [0.15, 0.2) is 16.6 Å². The zero-order chi connectivity index (χ0) is 12.3. The van der Waals surface area contributed by atoms with Crippen molar-refractivity contribution in [2.24, 2.45) is 5.92 Å². The summed E-state index contributed by atoms with van der Waals surface area (Å²) < 4.78 is 6.48. The molecule has 1 aromatic carbocycles. The summed E-state index contributed by atoms with van der Waals surface area (Å²) in [5.41, 5.74) is 2.75. The Balaban J connectivity index is 2.15. The van der Waals surface area contributed by atoms with Crippen molar-refractivity contribution in [2.45, 2.75) is 26.2 Å². The van der Waals surface area contributed by atoms with Gasteiger partial charge >= 0.3 is 0 Å². The van der Waals surface area contributed by atoms with Crippen LogP contribution in [0.2, 0.25) is 0 Å². The zero-order valence-electron chi connectivity index (χ0n) is 10.6. The SMILES string of the molecule is COc1cc(Br)c(C)c(CC2CCCNC2)c1. The molecule has 0 bridgehead atoms. The molecule has 2 nitrogen and oxygen atoms in total. The molecule has 94 valence electrons. The molecule has 0 aliphatic carbocycles. The first-order valence-corrected chi connectivity index (χ1v) is 7.03. The molecule has 1 saturated heterocycles. The maximum atomic E-state index is 5.33. The molecule has 1 aliphatic rings. The lowest BCUT2D eigenvalue weighted by Gasteiger charge is -2.23. The molecule has 0 radical (unpaired) electrons. The van der Waals surface area contributed by atoms with E-state index in [0.29, 0.717) is 0 Å². The fourth-order valence-corrected chi connectivity index (χ4v) is 2.93. The maximum absolute atomic E-state index is 5.33. The van der Waals surface area contributed by atoms with E-state index in [0.717, 1.165) is 29.1 Å². The van der Waals surface area contributed by atoms with E-state index < -0.39 is 0 Å². The van der Waals surface area contributed by atoms with Crippen molar-refractivity contribution < 1.29 is 4.74 Å². The van der Waals surface area contributed by atoms with E-state index in [1.165, 1.54) is 30.5 Å². The summed E-state index contributed by atoms with van der Waals surface area (Å²) in [6.07, 6.45) is 3.78. The molecule has 0 saturated carbocycles. The van der Waals surface area contributed by atoms with E-state index in [9.17, 15) is 0 Å². The van der Waals surface area contributed by atoms with Crippen LogP contribution in [0.25, 0.3) is 0 Å². The van der Waals surface area contributed by atoms with Crippen LogP contribution in [0.4, 0.5) is 0 Å². The fraction of sp³-hybridized carbons (Fsp3) is 0.571. The van der Waals surface area contributed by atoms with Crippen molar-refractivity contribution >= 4 is 15.9 Å². The number of rotatable bonds is 3. The van der Waals surface area contributed by atoms with E-state index in [1.54, 1.807) is 7.11 Å². The van der Waals surface area contributed by atoms with Gasteiger partial charge in [0.25, 0.3) is 0 Å². The van der Waals surface area contributed by atoms with Gasteiger partial charge in [-0.05, 0) is 68.5 Å². The minimum absolute atomic E-state index is 0.765. The Morgan fingerprint density at radius 1 is 1.47 bits per heavy atom. The third-order valence-electron chi connectivity index (χ3n) is 3.57. The highest BCUT2D eigenvalue weighted by Crippen LogP contribution is 2.29. The topological polar surface area (TPSA) is 21.3 Å². The number of hydrogen-bond donors (Lipinski definition) is 1. The van der Waals surface area contributed by atoms with Gasteiger partial charge in [-0.3, -0.25) is 0 Å². The normalized spacial score (nSPS) is 20.3. The Kier molecular flexibility index (Phi) is 4.46. The van der Waals surface area contributed by atoms with Gasteiger partial charge in [-0.2, -0.15) is 0 Å². The van der Waals surface area contributed by atoms with Crippen LogP contribution in [0, 0.1) is 12.8 Å². The number of benzene rings is 1. The van der Waals surface area contributed by atoms with Gasteiger partial charge in [0.1, 0.15) is 5.75 Å². The second-order valence-electron chi connectivity index (χ2n) is 4.81. The molecule has 1 fully saturated rings. The first-order valence-electron chi connectivity index (χ1n) is 6.24. The lowest BCUT2D eigenvalue weighted by atomic mass is 9.90. The summed E-state index contributed by atoms with van der Waals surface area (Å²) in [7, 11) is 1.73. The summed E-state index contributed by atoms with van der Waals surface area (Å²) in [6, 6.07) is 4.21. The van der Waals surface area contributed by atoms with E-state index in [4.69, 9.17) is 4.74 Å². The van der Waals surface area contributed by atoms with Gasteiger partial charge in [-0.25, -0.2) is 0 Å². The minimum atomic E-state index is 0.765. The molecule has 0 aromatic heterocycles. The number of ether oxygens (including phenoxy) is 1.